The van der Waals surface area contributed by atoms with Crippen LogP contribution in [0.1, 0.15) is 13.8 Å². The van der Waals surface area contributed by atoms with Crippen LogP contribution < -0.4 is 0 Å². The standard InChI is InChI=1S/C18H20N6O2S/c1-12-9-23(10-13(2)26-12)17(25)11-27-18-21-20-16-6-5-15(22-24(16)18)14-4-3-7-19-8-14/h3-8,12-13H,9-11H2,1-2H3. The number of fused-ring (bicyclic) bond motifs is 1. The molecule has 0 N–H and O–H groups in total. The van der Waals surface area contributed by atoms with E-state index < -0.39 is 0 Å². The van der Waals surface area contributed by atoms with E-state index in [9.17, 15) is 4.79 Å². The maximum atomic E-state index is 12.6. The van der Waals surface area contributed by atoms with Gasteiger partial charge in [-0.3, -0.25) is 9.78 Å². The van der Waals surface area contributed by atoms with E-state index in [0.29, 0.717) is 29.6 Å². The smallest absolute Gasteiger partial charge is 0.233 e. The van der Waals surface area contributed by atoms with Gasteiger partial charge in [-0.15, -0.1) is 10.2 Å². The monoisotopic (exact) mass is 384 g/mol. The molecule has 9 heteroatoms. The summed E-state index contributed by atoms with van der Waals surface area (Å²) in [5.74, 6) is 0.362. The fourth-order valence-corrected chi connectivity index (χ4v) is 3.92. The van der Waals surface area contributed by atoms with E-state index in [-0.39, 0.29) is 18.1 Å². The highest BCUT2D eigenvalue weighted by atomic mass is 32.2. The molecule has 2 unspecified atom stereocenters. The molecule has 1 saturated heterocycles. The lowest BCUT2D eigenvalue weighted by Gasteiger charge is -2.35. The number of pyridine rings is 1. The topological polar surface area (TPSA) is 85.5 Å². The Morgan fingerprint density at radius 2 is 2.04 bits per heavy atom. The molecule has 3 aromatic rings. The summed E-state index contributed by atoms with van der Waals surface area (Å²) in [7, 11) is 0. The number of carbonyl (C=O) groups is 1. The fourth-order valence-electron chi connectivity index (χ4n) is 3.13. The van der Waals surface area contributed by atoms with Crippen LogP contribution in [-0.4, -0.2) is 66.7 Å². The van der Waals surface area contributed by atoms with Crippen molar-refractivity contribution in [2.75, 3.05) is 18.8 Å². The molecule has 0 saturated carbocycles. The van der Waals surface area contributed by atoms with Gasteiger partial charge < -0.3 is 9.64 Å². The zero-order chi connectivity index (χ0) is 18.8. The number of ether oxygens (including phenoxy) is 1. The zero-order valence-electron chi connectivity index (χ0n) is 15.1. The van der Waals surface area contributed by atoms with Crippen LogP contribution in [0.2, 0.25) is 0 Å². The van der Waals surface area contributed by atoms with Crippen LogP contribution in [0.15, 0.2) is 41.8 Å². The van der Waals surface area contributed by atoms with E-state index in [4.69, 9.17) is 4.74 Å². The molecule has 1 fully saturated rings. The quantitative estimate of drug-likeness (QED) is 0.635. The highest BCUT2D eigenvalue weighted by Crippen LogP contribution is 2.21. The maximum absolute atomic E-state index is 12.6. The second-order valence-corrected chi connectivity index (χ2v) is 7.50. The molecule has 140 valence electrons. The normalized spacial score (nSPS) is 20.1. The van der Waals surface area contributed by atoms with Crippen molar-refractivity contribution in [3.8, 4) is 11.3 Å². The molecule has 0 radical (unpaired) electrons. The van der Waals surface area contributed by atoms with Crippen LogP contribution in [0.25, 0.3) is 16.9 Å². The molecule has 0 aliphatic carbocycles. The minimum Gasteiger partial charge on any atom is -0.372 e. The average Bonchev–Trinajstić information content (AvgIpc) is 3.08. The molecule has 4 rings (SSSR count). The predicted molar refractivity (Wildman–Crippen MR) is 101 cm³/mol. The summed E-state index contributed by atoms with van der Waals surface area (Å²) in [5, 5.41) is 13.5. The SMILES string of the molecule is CC1CN(C(=O)CSc2nnc3ccc(-c4cccnc4)nn23)CC(C)O1. The van der Waals surface area contributed by atoms with Crippen LogP contribution in [0, 0.1) is 0 Å². The molecule has 27 heavy (non-hydrogen) atoms. The van der Waals surface area contributed by atoms with Crippen LogP contribution in [0.5, 0.6) is 0 Å². The van der Waals surface area contributed by atoms with Crippen molar-refractivity contribution in [1.82, 2.24) is 29.7 Å². The Bertz CT molecular complexity index is 937. The summed E-state index contributed by atoms with van der Waals surface area (Å²) in [6.45, 7) is 5.21. The zero-order valence-corrected chi connectivity index (χ0v) is 16.0. The summed E-state index contributed by atoms with van der Waals surface area (Å²) in [6, 6.07) is 7.56. The van der Waals surface area contributed by atoms with Crippen LogP contribution in [0.3, 0.4) is 0 Å². The molecular weight excluding hydrogens is 364 g/mol. The first-order valence-electron chi connectivity index (χ1n) is 8.79. The van der Waals surface area contributed by atoms with Crippen molar-refractivity contribution in [2.24, 2.45) is 0 Å². The van der Waals surface area contributed by atoms with Gasteiger partial charge in [0.2, 0.25) is 11.1 Å². The minimum absolute atomic E-state index is 0.0559. The van der Waals surface area contributed by atoms with Crippen molar-refractivity contribution in [3.63, 3.8) is 0 Å². The van der Waals surface area contributed by atoms with Gasteiger partial charge in [0.1, 0.15) is 0 Å². The van der Waals surface area contributed by atoms with Crippen molar-refractivity contribution in [3.05, 3.63) is 36.7 Å². The Balaban J connectivity index is 1.50. The first kappa shape index (κ1) is 17.9. The molecule has 1 amide bonds. The van der Waals surface area contributed by atoms with Gasteiger partial charge in [0.05, 0.1) is 23.7 Å². The summed E-state index contributed by atoms with van der Waals surface area (Å²) < 4.78 is 7.36. The number of hydrogen-bond donors (Lipinski definition) is 0. The number of thioether (sulfide) groups is 1. The molecule has 0 bridgehead atoms. The van der Waals surface area contributed by atoms with Gasteiger partial charge in [0, 0.05) is 31.0 Å². The molecule has 3 aromatic heterocycles. The number of aromatic nitrogens is 5. The Labute approximate surface area is 160 Å². The lowest BCUT2D eigenvalue weighted by atomic mass is 10.2. The van der Waals surface area contributed by atoms with Crippen molar-refractivity contribution in [1.29, 1.82) is 0 Å². The lowest BCUT2D eigenvalue weighted by Crippen LogP contribution is -2.48. The predicted octanol–water partition coefficient (Wildman–Crippen LogP) is 1.91. The third kappa shape index (κ3) is 3.93. The van der Waals surface area contributed by atoms with Crippen LogP contribution >= 0.6 is 11.8 Å². The minimum atomic E-state index is 0.0559. The first-order chi connectivity index (χ1) is 13.1. The Kier molecular flexibility index (Phi) is 5.04. The summed E-state index contributed by atoms with van der Waals surface area (Å²) in [5.41, 5.74) is 2.34. The van der Waals surface area contributed by atoms with Gasteiger partial charge in [-0.05, 0) is 38.1 Å². The number of nitrogens with zero attached hydrogens (tertiary/aromatic N) is 6. The Hall–Kier alpha value is -2.52. The van der Waals surface area contributed by atoms with Gasteiger partial charge >= 0.3 is 0 Å². The van der Waals surface area contributed by atoms with E-state index in [1.807, 2.05) is 43.0 Å². The summed E-state index contributed by atoms with van der Waals surface area (Å²) in [4.78, 5) is 18.6. The maximum Gasteiger partial charge on any atom is 0.233 e. The summed E-state index contributed by atoms with van der Waals surface area (Å²) in [6.07, 6.45) is 3.59. The molecule has 2 atom stereocenters. The van der Waals surface area contributed by atoms with Gasteiger partial charge in [0.15, 0.2) is 5.65 Å². The number of amides is 1. The van der Waals surface area contributed by atoms with Crippen molar-refractivity contribution < 1.29 is 9.53 Å². The number of morpholine rings is 1. The molecular formula is C18H20N6O2S. The van der Waals surface area contributed by atoms with Crippen molar-refractivity contribution in [2.45, 2.75) is 31.2 Å². The molecule has 1 aliphatic heterocycles. The van der Waals surface area contributed by atoms with Gasteiger partial charge in [-0.1, -0.05) is 11.8 Å². The van der Waals surface area contributed by atoms with E-state index in [0.717, 1.165) is 11.3 Å². The number of rotatable bonds is 4. The first-order valence-corrected chi connectivity index (χ1v) is 9.77. The average molecular weight is 384 g/mol. The Morgan fingerprint density at radius 1 is 1.22 bits per heavy atom. The van der Waals surface area contributed by atoms with Crippen LogP contribution in [0.4, 0.5) is 0 Å². The van der Waals surface area contributed by atoms with Gasteiger partial charge in [0.25, 0.3) is 0 Å². The van der Waals surface area contributed by atoms with E-state index in [1.54, 1.807) is 16.9 Å². The molecule has 0 aromatic carbocycles. The van der Waals surface area contributed by atoms with Gasteiger partial charge in [-0.25, -0.2) is 0 Å². The molecule has 8 nitrogen and oxygen atoms in total. The number of hydrogen-bond acceptors (Lipinski definition) is 7. The van der Waals surface area contributed by atoms with Crippen LogP contribution in [-0.2, 0) is 9.53 Å². The largest absolute Gasteiger partial charge is 0.372 e. The third-order valence-electron chi connectivity index (χ3n) is 4.29. The Morgan fingerprint density at radius 3 is 2.78 bits per heavy atom. The third-order valence-corrected chi connectivity index (χ3v) is 5.19. The number of carbonyl (C=O) groups excluding carboxylic acids is 1. The fraction of sp³-hybridized carbons (Fsp3) is 0.389. The highest BCUT2D eigenvalue weighted by molar-refractivity contribution is 7.99. The van der Waals surface area contributed by atoms with E-state index in [1.165, 1.54) is 11.8 Å². The highest BCUT2D eigenvalue weighted by Gasteiger charge is 2.26. The lowest BCUT2D eigenvalue weighted by molar-refractivity contribution is -0.140. The molecule has 1 aliphatic rings. The summed E-state index contributed by atoms with van der Waals surface area (Å²) >= 11 is 1.34. The molecule has 0 spiro atoms. The van der Waals surface area contributed by atoms with E-state index >= 15 is 0 Å². The van der Waals surface area contributed by atoms with E-state index in [2.05, 4.69) is 20.3 Å². The second-order valence-electron chi connectivity index (χ2n) is 6.56. The van der Waals surface area contributed by atoms with Crippen molar-refractivity contribution >= 4 is 23.3 Å². The second kappa shape index (κ2) is 7.61. The van der Waals surface area contributed by atoms with Gasteiger partial charge in [-0.2, -0.15) is 9.61 Å². The molecule has 4 heterocycles.